The second-order valence-corrected chi connectivity index (χ2v) is 2.40. The summed E-state index contributed by atoms with van der Waals surface area (Å²) in [4.78, 5) is 8.87. The smallest absolute Gasteiger partial charge is 0.153 e. The predicted molar refractivity (Wildman–Crippen MR) is 30.8 cm³/mol. The van der Waals surface area contributed by atoms with E-state index in [1.165, 1.54) is 0 Å². The highest BCUT2D eigenvalue weighted by atomic mass is 17.2. The third-order valence-corrected chi connectivity index (χ3v) is 0.340. The van der Waals surface area contributed by atoms with Gasteiger partial charge in [0, 0.05) is 0 Å². The molecule has 0 saturated carbocycles. The van der Waals surface area contributed by atoms with Gasteiger partial charge < -0.3 is 0 Å². The molecule has 0 aliphatic carbocycles. The summed E-state index contributed by atoms with van der Waals surface area (Å²) in [7, 11) is 0. The van der Waals surface area contributed by atoms with Crippen molar-refractivity contribution >= 4 is 0 Å². The summed E-state index contributed by atoms with van der Waals surface area (Å²) in [6.07, 6.45) is 6.64. The van der Waals surface area contributed by atoms with Gasteiger partial charge >= 0.3 is 0 Å². The highest BCUT2D eigenvalue weighted by molar-refractivity contribution is 4.66. The van der Waals surface area contributed by atoms with Crippen molar-refractivity contribution in [2.75, 3.05) is 0 Å². The van der Waals surface area contributed by atoms with Crippen LogP contribution < -0.4 is 0 Å². The molecule has 0 N–H and O–H groups in total. The van der Waals surface area contributed by atoms with Crippen LogP contribution in [0.2, 0.25) is 0 Å². The van der Waals surface area contributed by atoms with E-state index in [2.05, 4.69) is 9.78 Å². The standard InChI is InChI=1S/C6H10O2/c1-5-7-8-6(2,3)4/h1H,2-4H3. The van der Waals surface area contributed by atoms with E-state index in [1.54, 1.807) is 0 Å². The molecule has 2 heteroatoms. The maximum atomic E-state index is 4.74. The SMILES string of the molecule is C#COOC(C)(C)C. The van der Waals surface area contributed by atoms with Gasteiger partial charge in [0.05, 0.1) is 0 Å². The van der Waals surface area contributed by atoms with E-state index >= 15 is 0 Å². The van der Waals surface area contributed by atoms with E-state index in [9.17, 15) is 0 Å². The summed E-state index contributed by atoms with van der Waals surface area (Å²) in [5.74, 6) is 0. The maximum absolute atomic E-state index is 4.74. The Hall–Kier alpha value is -0.680. The second kappa shape index (κ2) is 2.58. The molecule has 0 rings (SSSR count). The fraction of sp³-hybridized carbons (Fsp3) is 0.667. The van der Waals surface area contributed by atoms with Gasteiger partial charge in [-0.1, -0.05) is 6.42 Å². The highest BCUT2D eigenvalue weighted by Crippen LogP contribution is 2.05. The second-order valence-electron chi connectivity index (χ2n) is 2.40. The molecule has 0 aliphatic rings. The Bertz CT molecular complexity index is 94.1. The quantitative estimate of drug-likeness (QED) is 0.291. The van der Waals surface area contributed by atoms with Crippen molar-refractivity contribution in [3.8, 4) is 12.5 Å². The third kappa shape index (κ3) is 5.32. The summed E-state index contributed by atoms with van der Waals surface area (Å²) in [5.41, 5.74) is -0.313. The lowest BCUT2D eigenvalue weighted by molar-refractivity contribution is -0.300. The van der Waals surface area contributed by atoms with Gasteiger partial charge in [0.2, 0.25) is 0 Å². The van der Waals surface area contributed by atoms with Crippen LogP contribution in [0.3, 0.4) is 0 Å². The average molecular weight is 114 g/mol. The average Bonchev–Trinajstić information content (AvgIpc) is 1.59. The molecule has 0 bridgehead atoms. The first-order valence-electron chi connectivity index (χ1n) is 2.36. The third-order valence-electron chi connectivity index (χ3n) is 0.340. The molecule has 8 heavy (non-hydrogen) atoms. The molecule has 46 valence electrons. The minimum absolute atomic E-state index is 0.313. The topological polar surface area (TPSA) is 18.5 Å². The van der Waals surface area contributed by atoms with Crippen LogP contribution in [-0.4, -0.2) is 5.60 Å². The lowest BCUT2D eigenvalue weighted by atomic mass is 10.2. The van der Waals surface area contributed by atoms with Crippen molar-refractivity contribution in [1.29, 1.82) is 0 Å². The van der Waals surface area contributed by atoms with Crippen molar-refractivity contribution in [3.05, 3.63) is 0 Å². The van der Waals surface area contributed by atoms with E-state index < -0.39 is 0 Å². The van der Waals surface area contributed by atoms with Crippen LogP contribution in [0.15, 0.2) is 0 Å². The van der Waals surface area contributed by atoms with Crippen LogP contribution in [-0.2, 0) is 9.78 Å². The molecule has 0 radical (unpaired) electrons. The first-order chi connectivity index (χ1) is 3.56. The highest BCUT2D eigenvalue weighted by Gasteiger charge is 2.10. The Morgan fingerprint density at radius 3 is 2.00 bits per heavy atom. The van der Waals surface area contributed by atoms with Crippen LogP contribution in [0.25, 0.3) is 0 Å². The fourth-order valence-electron chi connectivity index (χ4n) is 0.149. The molecule has 0 aromatic heterocycles. The summed E-state index contributed by atoms with van der Waals surface area (Å²) < 4.78 is 0. The van der Waals surface area contributed by atoms with Gasteiger partial charge in [-0.3, -0.25) is 4.89 Å². The van der Waals surface area contributed by atoms with Gasteiger partial charge in [-0.05, 0) is 20.8 Å². The van der Waals surface area contributed by atoms with Crippen molar-refractivity contribution < 1.29 is 9.78 Å². The van der Waals surface area contributed by atoms with Gasteiger partial charge in [0.15, 0.2) is 6.11 Å². The minimum atomic E-state index is -0.313. The molecular weight excluding hydrogens is 104 g/mol. The van der Waals surface area contributed by atoms with E-state index in [1.807, 2.05) is 26.9 Å². The first kappa shape index (κ1) is 7.32. The van der Waals surface area contributed by atoms with Crippen molar-refractivity contribution in [2.45, 2.75) is 26.4 Å². The zero-order valence-electron chi connectivity index (χ0n) is 5.39. The summed E-state index contributed by atoms with van der Waals surface area (Å²) in [5, 5.41) is 0. The van der Waals surface area contributed by atoms with Crippen LogP contribution in [0.4, 0.5) is 0 Å². The Labute approximate surface area is 49.7 Å². The number of rotatable bonds is 1. The van der Waals surface area contributed by atoms with Crippen LogP contribution in [0, 0.1) is 12.5 Å². The molecule has 2 nitrogen and oxygen atoms in total. The molecule has 0 fully saturated rings. The van der Waals surface area contributed by atoms with E-state index in [4.69, 9.17) is 6.42 Å². The molecule has 0 unspecified atom stereocenters. The van der Waals surface area contributed by atoms with Crippen molar-refractivity contribution in [2.24, 2.45) is 0 Å². The van der Waals surface area contributed by atoms with Gasteiger partial charge in [-0.2, -0.15) is 4.89 Å². The van der Waals surface area contributed by atoms with Crippen LogP contribution in [0.5, 0.6) is 0 Å². The molecule has 0 aromatic carbocycles. The molecule has 0 amide bonds. The lowest BCUT2D eigenvalue weighted by Crippen LogP contribution is -2.17. The van der Waals surface area contributed by atoms with E-state index in [0.717, 1.165) is 0 Å². The number of terminal acetylenes is 1. The van der Waals surface area contributed by atoms with Gasteiger partial charge in [-0.25, -0.2) is 0 Å². The van der Waals surface area contributed by atoms with Crippen LogP contribution in [0.1, 0.15) is 20.8 Å². The fourth-order valence-corrected chi connectivity index (χ4v) is 0.149. The predicted octanol–water partition coefficient (Wildman–Crippen LogP) is 1.32. The van der Waals surface area contributed by atoms with Gasteiger partial charge in [0.1, 0.15) is 5.60 Å². The Morgan fingerprint density at radius 2 is 1.88 bits per heavy atom. The Morgan fingerprint density at radius 1 is 1.38 bits per heavy atom. The largest absolute Gasteiger partial charge is 0.282 e. The van der Waals surface area contributed by atoms with Crippen LogP contribution >= 0.6 is 0 Å². The molecule has 0 saturated heterocycles. The zero-order valence-corrected chi connectivity index (χ0v) is 5.39. The Balaban J connectivity index is 3.28. The molecule has 0 atom stereocenters. The van der Waals surface area contributed by atoms with Crippen molar-refractivity contribution in [3.63, 3.8) is 0 Å². The minimum Gasteiger partial charge on any atom is -0.282 e. The normalized spacial score (nSPS) is 10.2. The number of hydrogen-bond acceptors (Lipinski definition) is 2. The van der Waals surface area contributed by atoms with E-state index in [0.29, 0.717) is 0 Å². The maximum Gasteiger partial charge on any atom is 0.153 e. The Kier molecular flexibility index (Phi) is 2.36. The first-order valence-corrected chi connectivity index (χ1v) is 2.36. The molecule has 0 spiro atoms. The number of hydrogen-bond donors (Lipinski definition) is 0. The monoisotopic (exact) mass is 114 g/mol. The van der Waals surface area contributed by atoms with Gasteiger partial charge in [-0.15, -0.1) is 0 Å². The lowest BCUT2D eigenvalue weighted by Gasteiger charge is -2.13. The summed E-state index contributed by atoms with van der Waals surface area (Å²) >= 11 is 0. The molecule has 0 aliphatic heterocycles. The molecule has 0 heterocycles. The molecular formula is C6H10O2. The molecule has 0 aromatic rings. The van der Waals surface area contributed by atoms with Gasteiger partial charge in [0.25, 0.3) is 0 Å². The van der Waals surface area contributed by atoms with E-state index in [-0.39, 0.29) is 5.60 Å². The van der Waals surface area contributed by atoms with Crippen molar-refractivity contribution in [1.82, 2.24) is 0 Å². The summed E-state index contributed by atoms with van der Waals surface area (Å²) in [6, 6.07) is 0. The zero-order chi connectivity index (χ0) is 6.62. The summed E-state index contributed by atoms with van der Waals surface area (Å²) in [6.45, 7) is 5.55.